The van der Waals surface area contributed by atoms with E-state index in [0.717, 1.165) is 12.1 Å². The third kappa shape index (κ3) is 4.26. The summed E-state index contributed by atoms with van der Waals surface area (Å²) in [7, 11) is 0. The minimum Gasteiger partial charge on any atom is -0.331 e. The first-order chi connectivity index (χ1) is 10.3. The van der Waals surface area contributed by atoms with Crippen molar-refractivity contribution in [3.63, 3.8) is 0 Å². The standard InChI is InChI=1S/C16H24N4O2/c1-11-7-8-17-15(18-11)19-14(22)12-6-5-9-20(12)13(21)10-16(2,3)4/h7-8,12H,5-6,9-10H2,1-4H3,(H,17,18,19,22)/t12-/m0/s1. The summed E-state index contributed by atoms with van der Waals surface area (Å²) in [5.41, 5.74) is 0.706. The van der Waals surface area contributed by atoms with E-state index in [4.69, 9.17) is 0 Å². The van der Waals surface area contributed by atoms with Crippen LogP contribution in [0.15, 0.2) is 12.3 Å². The quantitative estimate of drug-likeness (QED) is 0.928. The predicted octanol–water partition coefficient (Wildman–Crippen LogP) is 2.15. The first-order valence-electron chi connectivity index (χ1n) is 7.66. The lowest BCUT2D eigenvalue weighted by Crippen LogP contribution is -2.44. The van der Waals surface area contributed by atoms with Crippen LogP contribution in [-0.4, -0.2) is 39.3 Å². The highest BCUT2D eigenvalue weighted by molar-refractivity contribution is 5.96. The SMILES string of the molecule is Cc1ccnc(NC(=O)[C@@H]2CCCN2C(=O)CC(C)(C)C)n1. The molecule has 0 bridgehead atoms. The number of carbonyl (C=O) groups excluding carboxylic acids is 2. The Labute approximate surface area is 131 Å². The van der Waals surface area contributed by atoms with Gasteiger partial charge >= 0.3 is 0 Å². The summed E-state index contributed by atoms with van der Waals surface area (Å²) in [5, 5.41) is 2.72. The number of likely N-dealkylation sites (tertiary alicyclic amines) is 1. The Kier molecular flexibility index (Phi) is 4.78. The van der Waals surface area contributed by atoms with E-state index in [9.17, 15) is 9.59 Å². The van der Waals surface area contributed by atoms with E-state index in [0.29, 0.717) is 25.3 Å². The summed E-state index contributed by atoms with van der Waals surface area (Å²) < 4.78 is 0. The lowest BCUT2D eigenvalue weighted by Gasteiger charge is -2.27. The van der Waals surface area contributed by atoms with E-state index in [1.54, 1.807) is 17.2 Å². The van der Waals surface area contributed by atoms with Gasteiger partial charge in [-0.2, -0.15) is 0 Å². The van der Waals surface area contributed by atoms with Gasteiger partial charge in [-0.15, -0.1) is 0 Å². The molecule has 0 aliphatic carbocycles. The predicted molar refractivity (Wildman–Crippen MR) is 84.2 cm³/mol. The van der Waals surface area contributed by atoms with Crippen molar-refractivity contribution in [3.05, 3.63) is 18.0 Å². The Morgan fingerprint density at radius 1 is 1.41 bits per heavy atom. The van der Waals surface area contributed by atoms with E-state index in [-0.39, 0.29) is 17.2 Å². The van der Waals surface area contributed by atoms with Gasteiger partial charge < -0.3 is 4.90 Å². The number of aryl methyl sites for hydroxylation is 1. The molecule has 2 heterocycles. The molecule has 6 nitrogen and oxygen atoms in total. The number of nitrogens with zero attached hydrogens (tertiary/aromatic N) is 3. The van der Waals surface area contributed by atoms with Gasteiger partial charge in [0.1, 0.15) is 6.04 Å². The van der Waals surface area contributed by atoms with Crippen LogP contribution in [0.3, 0.4) is 0 Å². The van der Waals surface area contributed by atoms with Gasteiger partial charge in [0.05, 0.1) is 0 Å². The number of amides is 2. The number of nitrogens with one attached hydrogen (secondary N) is 1. The van der Waals surface area contributed by atoms with Crippen LogP contribution < -0.4 is 5.32 Å². The monoisotopic (exact) mass is 304 g/mol. The molecular formula is C16H24N4O2. The smallest absolute Gasteiger partial charge is 0.249 e. The van der Waals surface area contributed by atoms with Gasteiger partial charge in [-0.05, 0) is 31.2 Å². The number of aromatic nitrogens is 2. The molecule has 1 saturated heterocycles. The van der Waals surface area contributed by atoms with E-state index < -0.39 is 6.04 Å². The van der Waals surface area contributed by atoms with Crippen LogP contribution in [0, 0.1) is 12.3 Å². The molecule has 1 atom stereocenters. The van der Waals surface area contributed by atoms with Crippen LogP contribution in [0.25, 0.3) is 0 Å². The van der Waals surface area contributed by atoms with Gasteiger partial charge in [0.2, 0.25) is 17.8 Å². The molecule has 0 saturated carbocycles. The molecule has 0 spiro atoms. The molecule has 0 unspecified atom stereocenters. The van der Waals surface area contributed by atoms with Gasteiger partial charge in [-0.1, -0.05) is 20.8 Å². The van der Waals surface area contributed by atoms with E-state index in [2.05, 4.69) is 15.3 Å². The molecule has 6 heteroatoms. The first kappa shape index (κ1) is 16.4. The van der Waals surface area contributed by atoms with Crippen LogP contribution in [0.5, 0.6) is 0 Å². The second-order valence-corrected chi connectivity index (χ2v) is 6.99. The molecule has 2 amide bonds. The average Bonchev–Trinajstić information content (AvgIpc) is 2.85. The fraction of sp³-hybridized carbons (Fsp3) is 0.625. The Bertz CT molecular complexity index is 566. The Balaban J connectivity index is 2.03. The van der Waals surface area contributed by atoms with Crippen LogP contribution in [-0.2, 0) is 9.59 Å². The normalized spacial score (nSPS) is 18.4. The molecule has 1 aromatic rings. The highest BCUT2D eigenvalue weighted by Gasteiger charge is 2.35. The van der Waals surface area contributed by atoms with Gasteiger partial charge in [0, 0.05) is 24.9 Å². The second-order valence-electron chi connectivity index (χ2n) is 6.99. The minimum absolute atomic E-state index is 0.0373. The largest absolute Gasteiger partial charge is 0.331 e. The molecular weight excluding hydrogens is 280 g/mol. The lowest BCUT2D eigenvalue weighted by molar-refractivity contribution is -0.138. The summed E-state index contributed by atoms with van der Waals surface area (Å²) >= 11 is 0. The fourth-order valence-corrected chi connectivity index (χ4v) is 2.60. The third-order valence-electron chi connectivity index (χ3n) is 3.59. The molecule has 2 rings (SSSR count). The molecule has 120 valence electrons. The van der Waals surface area contributed by atoms with Crippen molar-refractivity contribution >= 4 is 17.8 Å². The zero-order valence-corrected chi connectivity index (χ0v) is 13.7. The zero-order chi connectivity index (χ0) is 16.3. The number of carbonyl (C=O) groups is 2. The van der Waals surface area contributed by atoms with E-state index in [1.165, 1.54) is 0 Å². The van der Waals surface area contributed by atoms with Crippen LogP contribution in [0.4, 0.5) is 5.95 Å². The first-order valence-corrected chi connectivity index (χ1v) is 7.66. The molecule has 1 aliphatic heterocycles. The maximum Gasteiger partial charge on any atom is 0.249 e. The second kappa shape index (κ2) is 6.42. The summed E-state index contributed by atoms with van der Waals surface area (Å²) in [6, 6.07) is 1.35. The third-order valence-corrected chi connectivity index (χ3v) is 3.59. The van der Waals surface area contributed by atoms with Gasteiger partial charge in [-0.25, -0.2) is 9.97 Å². The highest BCUT2D eigenvalue weighted by Crippen LogP contribution is 2.25. The Morgan fingerprint density at radius 3 is 2.77 bits per heavy atom. The van der Waals surface area contributed by atoms with E-state index in [1.807, 2.05) is 27.7 Å². The van der Waals surface area contributed by atoms with E-state index >= 15 is 0 Å². The molecule has 1 aliphatic rings. The van der Waals surface area contributed by atoms with Crippen molar-refractivity contribution in [2.45, 2.75) is 53.0 Å². The zero-order valence-electron chi connectivity index (χ0n) is 13.7. The van der Waals surface area contributed by atoms with Crippen molar-refractivity contribution in [2.75, 3.05) is 11.9 Å². The van der Waals surface area contributed by atoms with Gasteiger partial charge in [0.25, 0.3) is 0 Å². The van der Waals surface area contributed by atoms with Crippen LogP contribution in [0.2, 0.25) is 0 Å². The van der Waals surface area contributed by atoms with Crippen LogP contribution >= 0.6 is 0 Å². The highest BCUT2D eigenvalue weighted by atomic mass is 16.2. The van der Waals surface area contributed by atoms with Crippen molar-refractivity contribution in [3.8, 4) is 0 Å². The molecule has 0 radical (unpaired) electrons. The number of anilines is 1. The fourth-order valence-electron chi connectivity index (χ4n) is 2.60. The lowest BCUT2D eigenvalue weighted by atomic mass is 9.91. The van der Waals surface area contributed by atoms with Crippen LogP contribution in [0.1, 0.15) is 45.7 Å². The summed E-state index contributed by atoms with van der Waals surface area (Å²) in [4.78, 5) is 34.7. The molecule has 1 fully saturated rings. The topological polar surface area (TPSA) is 75.2 Å². The number of hydrogen-bond donors (Lipinski definition) is 1. The van der Waals surface area contributed by atoms with Crippen molar-refractivity contribution < 1.29 is 9.59 Å². The average molecular weight is 304 g/mol. The van der Waals surface area contributed by atoms with Crippen molar-refractivity contribution in [1.29, 1.82) is 0 Å². The summed E-state index contributed by atoms with van der Waals surface area (Å²) in [6.45, 7) is 8.55. The molecule has 22 heavy (non-hydrogen) atoms. The Hall–Kier alpha value is -1.98. The summed E-state index contributed by atoms with van der Waals surface area (Å²) in [5.74, 6) is 0.126. The molecule has 1 aromatic heterocycles. The summed E-state index contributed by atoms with van der Waals surface area (Å²) in [6.07, 6.45) is 3.59. The molecule has 0 aromatic carbocycles. The molecule has 1 N–H and O–H groups in total. The van der Waals surface area contributed by atoms with Gasteiger partial charge in [-0.3, -0.25) is 14.9 Å². The van der Waals surface area contributed by atoms with Gasteiger partial charge in [0.15, 0.2) is 0 Å². The maximum absolute atomic E-state index is 12.4. The maximum atomic E-state index is 12.4. The Morgan fingerprint density at radius 2 is 2.14 bits per heavy atom. The number of hydrogen-bond acceptors (Lipinski definition) is 4. The number of rotatable bonds is 3. The van der Waals surface area contributed by atoms with Crippen molar-refractivity contribution in [2.24, 2.45) is 5.41 Å². The minimum atomic E-state index is -0.418. The van der Waals surface area contributed by atoms with Crippen molar-refractivity contribution in [1.82, 2.24) is 14.9 Å².